The summed E-state index contributed by atoms with van der Waals surface area (Å²) in [6, 6.07) is -0.565. The molecule has 1 aliphatic carbocycles. The maximum Gasteiger partial charge on any atom is 0.323 e. The van der Waals surface area contributed by atoms with Crippen LogP contribution >= 0.6 is 0 Å². The predicted molar refractivity (Wildman–Crippen MR) is 59.8 cm³/mol. The molecule has 0 heterocycles. The molecular weight excluding hydrogens is 208 g/mol. The van der Waals surface area contributed by atoms with Crippen molar-refractivity contribution in [2.75, 3.05) is 6.54 Å². The van der Waals surface area contributed by atoms with Gasteiger partial charge in [0.15, 0.2) is 0 Å². The summed E-state index contributed by atoms with van der Waals surface area (Å²) in [5, 5.41) is 8.76. The summed E-state index contributed by atoms with van der Waals surface area (Å²) in [6.45, 7) is 5.39. The van der Waals surface area contributed by atoms with Crippen LogP contribution in [-0.4, -0.2) is 40.5 Å². The van der Waals surface area contributed by atoms with Crippen LogP contribution in [0.25, 0.3) is 0 Å². The molecule has 0 aromatic rings. The zero-order chi connectivity index (χ0) is 12.5. The third kappa shape index (κ3) is 3.20. The Balaban J connectivity index is 2.71. The molecule has 1 rings (SSSR count). The summed E-state index contributed by atoms with van der Waals surface area (Å²) in [7, 11) is 0. The van der Waals surface area contributed by atoms with Crippen molar-refractivity contribution in [3.8, 4) is 0 Å². The predicted octanol–water partition coefficient (Wildman–Crippen LogP) is 0.435. The first-order chi connectivity index (χ1) is 7.23. The van der Waals surface area contributed by atoms with Crippen LogP contribution in [0.3, 0.4) is 0 Å². The molecule has 0 bridgehead atoms. The van der Waals surface area contributed by atoms with Gasteiger partial charge in [-0.3, -0.25) is 9.59 Å². The lowest BCUT2D eigenvalue weighted by Crippen LogP contribution is -2.52. The van der Waals surface area contributed by atoms with Crippen molar-refractivity contribution in [2.45, 2.75) is 45.7 Å². The number of carboxylic acid groups (broad SMARTS) is 1. The number of nitrogens with zero attached hydrogens (tertiary/aromatic N) is 1. The molecule has 0 unspecified atom stereocenters. The summed E-state index contributed by atoms with van der Waals surface area (Å²) in [5.41, 5.74) is 5.51. The first-order valence-corrected chi connectivity index (χ1v) is 5.51. The molecule has 92 valence electrons. The standard InChI is InChI=1S/C11H20N2O3/c1-11(2,3)9(12)10(16)13(6-8(14)15)7-4-5-7/h7,9H,4-6,12H2,1-3H3,(H,14,15)/t9-/m0/s1. The molecule has 1 saturated carbocycles. The van der Waals surface area contributed by atoms with Gasteiger partial charge in [-0.05, 0) is 18.3 Å². The molecule has 1 aliphatic rings. The van der Waals surface area contributed by atoms with Crippen LogP contribution in [0.5, 0.6) is 0 Å². The molecule has 0 radical (unpaired) electrons. The molecule has 0 aromatic heterocycles. The molecule has 0 aromatic carbocycles. The van der Waals surface area contributed by atoms with E-state index in [0.717, 1.165) is 12.8 Å². The highest BCUT2D eigenvalue weighted by atomic mass is 16.4. The summed E-state index contributed by atoms with van der Waals surface area (Å²) >= 11 is 0. The topological polar surface area (TPSA) is 83.6 Å². The minimum Gasteiger partial charge on any atom is -0.480 e. The zero-order valence-electron chi connectivity index (χ0n) is 10.1. The fourth-order valence-electron chi connectivity index (χ4n) is 1.47. The molecule has 16 heavy (non-hydrogen) atoms. The largest absolute Gasteiger partial charge is 0.480 e. The number of carbonyl (C=O) groups excluding carboxylic acids is 1. The van der Waals surface area contributed by atoms with Crippen LogP contribution in [0.2, 0.25) is 0 Å². The summed E-state index contributed by atoms with van der Waals surface area (Å²) in [6.07, 6.45) is 1.77. The van der Waals surface area contributed by atoms with Crippen LogP contribution < -0.4 is 5.73 Å². The van der Waals surface area contributed by atoms with Gasteiger partial charge in [0.05, 0.1) is 6.04 Å². The molecule has 0 saturated heterocycles. The molecule has 1 amide bonds. The van der Waals surface area contributed by atoms with Gasteiger partial charge in [0.25, 0.3) is 0 Å². The van der Waals surface area contributed by atoms with Gasteiger partial charge in [0.1, 0.15) is 6.54 Å². The Hall–Kier alpha value is -1.10. The zero-order valence-corrected chi connectivity index (χ0v) is 10.1. The molecular formula is C11H20N2O3. The van der Waals surface area contributed by atoms with E-state index in [-0.39, 0.29) is 23.9 Å². The number of carbonyl (C=O) groups is 2. The van der Waals surface area contributed by atoms with Crippen molar-refractivity contribution in [3.63, 3.8) is 0 Å². The highest BCUT2D eigenvalue weighted by molar-refractivity contribution is 5.86. The number of hydrogen-bond donors (Lipinski definition) is 2. The van der Waals surface area contributed by atoms with E-state index in [2.05, 4.69) is 0 Å². The molecule has 5 nitrogen and oxygen atoms in total. The average molecular weight is 228 g/mol. The third-order valence-electron chi connectivity index (χ3n) is 2.78. The third-order valence-corrected chi connectivity index (χ3v) is 2.78. The number of amides is 1. The Morgan fingerprint density at radius 3 is 2.25 bits per heavy atom. The Bertz CT molecular complexity index is 292. The van der Waals surface area contributed by atoms with Crippen molar-refractivity contribution in [1.29, 1.82) is 0 Å². The maximum atomic E-state index is 12.0. The van der Waals surface area contributed by atoms with Gasteiger partial charge in [-0.2, -0.15) is 0 Å². The van der Waals surface area contributed by atoms with Gasteiger partial charge >= 0.3 is 5.97 Å². The number of aliphatic carboxylic acids is 1. The van der Waals surface area contributed by atoms with E-state index in [0.29, 0.717) is 0 Å². The van der Waals surface area contributed by atoms with E-state index < -0.39 is 12.0 Å². The lowest BCUT2D eigenvalue weighted by Gasteiger charge is -2.31. The second kappa shape index (κ2) is 4.41. The van der Waals surface area contributed by atoms with Crippen LogP contribution in [0.1, 0.15) is 33.6 Å². The van der Waals surface area contributed by atoms with E-state index in [4.69, 9.17) is 10.8 Å². The number of hydrogen-bond acceptors (Lipinski definition) is 3. The smallest absolute Gasteiger partial charge is 0.323 e. The second-order valence-corrected chi connectivity index (χ2v) is 5.43. The van der Waals surface area contributed by atoms with Crippen molar-refractivity contribution in [1.82, 2.24) is 4.90 Å². The average Bonchev–Trinajstić information content (AvgIpc) is 2.93. The minimum atomic E-state index is -0.985. The molecule has 0 spiro atoms. The number of rotatable bonds is 4. The highest BCUT2D eigenvalue weighted by Gasteiger charge is 2.39. The lowest BCUT2D eigenvalue weighted by molar-refractivity contribution is -0.146. The quantitative estimate of drug-likeness (QED) is 0.731. The lowest BCUT2D eigenvalue weighted by atomic mass is 9.86. The molecule has 5 heteroatoms. The van der Waals surface area contributed by atoms with Gasteiger partial charge < -0.3 is 15.7 Å². The van der Waals surface area contributed by atoms with Crippen molar-refractivity contribution in [2.24, 2.45) is 11.1 Å². The van der Waals surface area contributed by atoms with E-state index in [9.17, 15) is 9.59 Å². The highest BCUT2D eigenvalue weighted by Crippen LogP contribution is 2.29. The van der Waals surface area contributed by atoms with Crippen molar-refractivity contribution < 1.29 is 14.7 Å². The van der Waals surface area contributed by atoms with E-state index >= 15 is 0 Å². The number of nitrogens with two attached hydrogens (primary N) is 1. The fourth-order valence-corrected chi connectivity index (χ4v) is 1.47. The van der Waals surface area contributed by atoms with Gasteiger partial charge in [0.2, 0.25) is 5.91 Å². The monoisotopic (exact) mass is 228 g/mol. The van der Waals surface area contributed by atoms with Crippen LogP contribution in [0, 0.1) is 5.41 Å². The summed E-state index contributed by atoms with van der Waals surface area (Å²) in [4.78, 5) is 24.1. The van der Waals surface area contributed by atoms with Crippen LogP contribution in [0.15, 0.2) is 0 Å². The normalized spacial score (nSPS) is 18.0. The minimum absolute atomic E-state index is 0.0806. The Kier molecular flexibility index (Phi) is 3.57. The van der Waals surface area contributed by atoms with Gasteiger partial charge in [-0.1, -0.05) is 20.8 Å². The van der Waals surface area contributed by atoms with E-state index in [1.165, 1.54) is 4.90 Å². The SMILES string of the molecule is CC(C)(C)[C@@H](N)C(=O)N(CC(=O)O)C1CC1. The summed E-state index contributed by atoms with van der Waals surface area (Å²) < 4.78 is 0. The molecule has 0 aliphatic heterocycles. The number of carboxylic acids is 1. The molecule has 3 N–H and O–H groups in total. The van der Waals surface area contributed by atoms with Crippen LogP contribution in [0.4, 0.5) is 0 Å². The van der Waals surface area contributed by atoms with Gasteiger partial charge in [-0.25, -0.2) is 0 Å². The Morgan fingerprint density at radius 1 is 1.44 bits per heavy atom. The van der Waals surface area contributed by atoms with E-state index in [1.54, 1.807) is 0 Å². The fraction of sp³-hybridized carbons (Fsp3) is 0.818. The Morgan fingerprint density at radius 2 is 1.94 bits per heavy atom. The van der Waals surface area contributed by atoms with Crippen molar-refractivity contribution >= 4 is 11.9 Å². The maximum absolute atomic E-state index is 12.0. The van der Waals surface area contributed by atoms with Gasteiger partial charge in [0, 0.05) is 6.04 Å². The first-order valence-electron chi connectivity index (χ1n) is 5.51. The van der Waals surface area contributed by atoms with Crippen LogP contribution in [-0.2, 0) is 9.59 Å². The second-order valence-electron chi connectivity index (χ2n) is 5.43. The van der Waals surface area contributed by atoms with E-state index in [1.807, 2.05) is 20.8 Å². The molecule has 1 atom stereocenters. The first kappa shape index (κ1) is 13.0. The summed E-state index contributed by atoms with van der Waals surface area (Å²) in [5.74, 6) is -1.24. The Labute approximate surface area is 95.6 Å². The molecule has 1 fully saturated rings. The van der Waals surface area contributed by atoms with Gasteiger partial charge in [-0.15, -0.1) is 0 Å². The van der Waals surface area contributed by atoms with Crippen molar-refractivity contribution in [3.05, 3.63) is 0 Å².